The van der Waals surface area contributed by atoms with E-state index in [4.69, 9.17) is 20.4 Å². The Morgan fingerprint density at radius 3 is 3.00 bits per heavy atom. The lowest BCUT2D eigenvalue weighted by Crippen LogP contribution is -1.99. The van der Waals surface area contributed by atoms with E-state index in [2.05, 4.69) is 10.3 Å². The molecule has 3 heterocycles. The lowest BCUT2D eigenvalue weighted by atomic mass is 10.1. The van der Waals surface area contributed by atoms with Gasteiger partial charge in [0.05, 0.1) is 24.1 Å². The van der Waals surface area contributed by atoms with Crippen LogP contribution in [0.2, 0.25) is 5.15 Å². The van der Waals surface area contributed by atoms with Crippen LogP contribution in [0.4, 0.5) is 5.69 Å². The van der Waals surface area contributed by atoms with E-state index >= 15 is 0 Å². The summed E-state index contributed by atoms with van der Waals surface area (Å²) in [7, 11) is 0. The lowest BCUT2D eigenvalue weighted by Gasteiger charge is -2.05. The normalized spacial score (nSPS) is 11.0. The predicted octanol–water partition coefficient (Wildman–Crippen LogP) is 4.45. The average Bonchev–Trinajstić information content (AvgIpc) is 3.12. The molecule has 5 nitrogen and oxygen atoms in total. The van der Waals surface area contributed by atoms with Crippen LogP contribution in [-0.2, 0) is 13.0 Å². The summed E-state index contributed by atoms with van der Waals surface area (Å²) in [5, 5.41) is 3.52. The Labute approximate surface area is 132 Å². The standard InChI is InChI=1S/C16H15ClN2O3/c1-2-4-13-11(9-20)15-16(22-13)12(7-14(17)19-15)18-8-10-5-3-6-21-10/h3,5-7,9H,2,4,8H2,1H3,(H,18,19). The highest BCUT2D eigenvalue weighted by atomic mass is 35.5. The van der Waals surface area contributed by atoms with Crippen LogP contribution in [0.15, 0.2) is 33.3 Å². The number of fused-ring (bicyclic) bond motifs is 1. The van der Waals surface area contributed by atoms with E-state index < -0.39 is 0 Å². The number of nitrogens with one attached hydrogen (secondary N) is 1. The van der Waals surface area contributed by atoms with E-state index in [1.807, 2.05) is 19.1 Å². The molecule has 0 unspecified atom stereocenters. The number of aldehydes is 1. The topological polar surface area (TPSA) is 68.3 Å². The fraction of sp³-hybridized carbons (Fsp3) is 0.250. The zero-order valence-corrected chi connectivity index (χ0v) is 12.8. The largest absolute Gasteiger partial charge is 0.467 e. The number of aromatic nitrogens is 1. The number of halogens is 1. The molecule has 0 aliphatic rings. The van der Waals surface area contributed by atoms with Crippen LogP contribution in [0.1, 0.15) is 35.2 Å². The number of nitrogens with zero attached hydrogens (tertiary/aromatic N) is 1. The first-order valence-electron chi connectivity index (χ1n) is 7.06. The third kappa shape index (κ3) is 2.72. The first-order chi connectivity index (χ1) is 10.7. The van der Waals surface area contributed by atoms with Gasteiger partial charge in [0.2, 0.25) is 0 Å². The molecule has 0 radical (unpaired) electrons. The number of pyridine rings is 1. The van der Waals surface area contributed by atoms with Crippen LogP contribution in [0, 0.1) is 0 Å². The number of aryl methyl sites for hydroxylation is 1. The van der Waals surface area contributed by atoms with Crippen molar-refractivity contribution in [2.24, 2.45) is 0 Å². The number of furan rings is 2. The Hall–Kier alpha value is -2.27. The average molecular weight is 319 g/mol. The van der Waals surface area contributed by atoms with Crippen molar-refractivity contribution < 1.29 is 13.6 Å². The van der Waals surface area contributed by atoms with Crippen molar-refractivity contribution in [1.82, 2.24) is 4.98 Å². The second kappa shape index (κ2) is 6.23. The molecule has 114 valence electrons. The number of hydrogen-bond acceptors (Lipinski definition) is 5. The van der Waals surface area contributed by atoms with Gasteiger partial charge in [-0.25, -0.2) is 4.98 Å². The van der Waals surface area contributed by atoms with Crippen molar-refractivity contribution in [2.75, 3.05) is 5.32 Å². The number of hydrogen-bond donors (Lipinski definition) is 1. The number of carbonyl (C=O) groups is 1. The van der Waals surface area contributed by atoms with Gasteiger partial charge in [-0.3, -0.25) is 4.79 Å². The minimum Gasteiger partial charge on any atom is -0.467 e. The van der Waals surface area contributed by atoms with Gasteiger partial charge >= 0.3 is 0 Å². The van der Waals surface area contributed by atoms with Gasteiger partial charge in [0.25, 0.3) is 0 Å². The molecule has 0 aliphatic heterocycles. The number of anilines is 1. The maximum Gasteiger partial charge on any atom is 0.176 e. The van der Waals surface area contributed by atoms with E-state index in [9.17, 15) is 4.79 Å². The molecule has 3 aromatic heterocycles. The van der Waals surface area contributed by atoms with Gasteiger partial charge in [-0.15, -0.1) is 0 Å². The van der Waals surface area contributed by atoms with Gasteiger partial charge in [-0.05, 0) is 18.6 Å². The molecule has 0 spiro atoms. The van der Waals surface area contributed by atoms with Crippen LogP contribution in [0.25, 0.3) is 11.1 Å². The third-order valence-corrected chi connectivity index (χ3v) is 3.54. The van der Waals surface area contributed by atoms with Crippen LogP contribution >= 0.6 is 11.6 Å². The highest BCUT2D eigenvalue weighted by molar-refractivity contribution is 6.30. The molecule has 6 heteroatoms. The molecule has 0 atom stereocenters. The van der Waals surface area contributed by atoms with E-state index in [0.717, 1.165) is 18.5 Å². The molecule has 0 fully saturated rings. The summed E-state index contributed by atoms with van der Waals surface area (Å²) >= 11 is 6.07. The fourth-order valence-corrected chi connectivity index (χ4v) is 2.55. The summed E-state index contributed by atoms with van der Waals surface area (Å²) < 4.78 is 11.1. The second-order valence-corrected chi connectivity index (χ2v) is 5.30. The van der Waals surface area contributed by atoms with E-state index in [1.165, 1.54) is 0 Å². The van der Waals surface area contributed by atoms with Gasteiger partial charge < -0.3 is 14.2 Å². The summed E-state index contributed by atoms with van der Waals surface area (Å²) in [5.74, 6) is 1.43. The summed E-state index contributed by atoms with van der Waals surface area (Å²) in [6, 6.07) is 5.37. The monoisotopic (exact) mass is 318 g/mol. The van der Waals surface area contributed by atoms with Gasteiger partial charge in [0, 0.05) is 12.5 Å². The molecule has 3 aromatic rings. The molecule has 0 aromatic carbocycles. The fourth-order valence-electron chi connectivity index (χ4n) is 2.36. The van der Waals surface area contributed by atoms with E-state index in [0.29, 0.717) is 46.2 Å². The van der Waals surface area contributed by atoms with Crippen LogP contribution in [0.3, 0.4) is 0 Å². The van der Waals surface area contributed by atoms with Crippen LogP contribution < -0.4 is 5.32 Å². The van der Waals surface area contributed by atoms with Crippen molar-refractivity contribution in [3.63, 3.8) is 0 Å². The van der Waals surface area contributed by atoms with Crippen molar-refractivity contribution in [2.45, 2.75) is 26.3 Å². The molecular weight excluding hydrogens is 304 g/mol. The van der Waals surface area contributed by atoms with Gasteiger partial charge in [0.1, 0.15) is 22.2 Å². The van der Waals surface area contributed by atoms with E-state index in [-0.39, 0.29) is 0 Å². The maximum absolute atomic E-state index is 11.4. The summed E-state index contributed by atoms with van der Waals surface area (Å²) in [6.45, 7) is 2.51. The van der Waals surface area contributed by atoms with Crippen LogP contribution in [0.5, 0.6) is 0 Å². The minimum atomic E-state index is 0.307. The summed E-state index contributed by atoms with van der Waals surface area (Å²) in [5.41, 5.74) is 2.20. The molecule has 0 bridgehead atoms. The number of carbonyl (C=O) groups excluding carboxylic acids is 1. The van der Waals surface area contributed by atoms with Crippen molar-refractivity contribution in [3.8, 4) is 0 Å². The zero-order valence-electron chi connectivity index (χ0n) is 12.1. The molecule has 0 saturated carbocycles. The van der Waals surface area contributed by atoms with Crippen molar-refractivity contribution >= 4 is 34.7 Å². The highest BCUT2D eigenvalue weighted by Crippen LogP contribution is 2.32. The minimum absolute atomic E-state index is 0.307. The van der Waals surface area contributed by atoms with Gasteiger partial charge in [0.15, 0.2) is 11.9 Å². The first-order valence-corrected chi connectivity index (χ1v) is 7.44. The van der Waals surface area contributed by atoms with E-state index in [1.54, 1.807) is 12.3 Å². The predicted molar refractivity (Wildman–Crippen MR) is 84.4 cm³/mol. The molecule has 0 saturated heterocycles. The molecule has 22 heavy (non-hydrogen) atoms. The molecule has 1 N–H and O–H groups in total. The Kier molecular flexibility index (Phi) is 4.15. The Morgan fingerprint density at radius 1 is 1.45 bits per heavy atom. The highest BCUT2D eigenvalue weighted by Gasteiger charge is 2.18. The zero-order chi connectivity index (χ0) is 15.5. The van der Waals surface area contributed by atoms with Crippen molar-refractivity contribution in [1.29, 1.82) is 0 Å². The van der Waals surface area contributed by atoms with Crippen molar-refractivity contribution in [3.05, 3.63) is 46.7 Å². The molecule has 0 amide bonds. The number of rotatable bonds is 6. The first kappa shape index (κ1) is 14.7. The smallest absolute Gasteiger partial charge is 0.176 e. The Morgan fingerprint density at radius 2 is 2.32 bits per heavy atom. The summed E-state index contributed by atoms with van der Waals surface area (Å²) in [4.78, 5) is 15.6. The summed E-state index contributed by atoms with van der Waals surface area (Å²) in [6.07, 6.45) is 3.95. The Bertz CT molecular complexity index is 793. The Balaban J connectivity index is 2.03. The second-order valence-electron chi connectivity index (χ2n) is 4.91. The SMILES string of the molecule is CCCc1oc2c(NCc3ccco3)cc(Cl)nc2c1C=O. The molecule has 0 aliphatic carbocycles. The quantitative estimate of drug-likeness (QED) is 0.537. The molecular formula is C16H15ClN2O3. The van der Waals surface area contributed by atoms with Gasteiger partial charge in [-0.1, -0.05) is 18.5 Å². The molecule has 3 rings (SSSR count). The van der Waals surface area contributed by atoms with Crippen LogP contribution in [-0.4, -0.2) is 11.3 Å². The maximum atomic E-state index is 11.4. The third-order valence-electron chi connectivity index (χ3n) is 3.35. The lowest BCUT2D eigenvalue weighted by molar-refractivity contribution is 0.112. The van der Waals surface area contributed by atoms with Gasteiger partial charge in [-0.2, -0.15) is 0 Å².